The molecule has 0 aliphatic heterocycles. The Morgan fingerprint density at radius 2 is 2.27 bits per heavy atom. The summed E-state index contributed by atoms with van der Waals surface area (Å²) < 4.78 is 0. The number of alkyl halides is 1. The van der Waals surface area contributed by atoms with Crippen LogP contribution in [0.3, 0.4) is 0 Å². The van der Waals surface area contributed by atoms with Gasteiger partial charge in [0.2, 0.25) is 5.91 Å². The Kier molecular flexibility index (Phi) is 4.43. The topological polar surface area (TPSA) is 40.5 Å². The summed E-state index contributed by atoms with van der Waals surface area (Å²) in [7, 11) is 1.72. The van der Waals surface area contributed by atoms with Gasteiger partial charge in [0, 0.05) is 13.6 Å². The molecule has 0 radical (unpaired) electrons. The zero-order valence-electron chi connectivity index (χ0n) is 8.61. The lowest BCUT2D eigenvalue weighted by molar-refractivity contribution is -0.127. The van der Waals surface area contributed by atoms with Crippen molar-refractivity contribution in [2.24, 2.45) is 0 Å². The van der Waals surface area contributed by atoms with Crippen molar-refractivity contribution in [2.75, 3.05) is 19.5 Å². The molecule has 82 valence electrons. The highest BCUT2D eigenvalue weighted by Crippen LogP contribution is 2.11. The fourth-order valence-corrected chi connectivity index (χ4v) is 1.44. The molecule has 1 N–H and O–H groups in total. The predicted octanol–water partition coefficient (Wildman–Crippen LogP) is 1.63. The molecule has 0 heterocycles. The fourth-order valence-electron chi connectivity index (χ4n) is 1.24. The molecule has 0 aliphatic carbocycles. The number of amides is 1. The molecule has 0 saturated heterocycles. The Morgan fingerprint density at radius 1 is 1.53 bits per heavy atom. The Balaban J connectivity index is 2.47. The first-order valence-corrected chi connectivity index (χ1v) is 5.25. The second-order valence-electron chi connectivity index (χ2n) is 3.37. The van der Waals surface area contributed by atoms with E-state index in [1.807, 2.05) is 6.07 Å². The average Bonchev–Trinajstić information content (AvgIpc) is 2.25. The van der Waals surface area contributed by atoms with Gasteiger partial charge in [-0.15, -0.1) is 11.6 Å². The zero-order chi connectivity index (χ0) is 11.3. The van der Waals surface area contributed by atoms with Gasteiger partial charge >= 0.3 is 0 Å². The van der Waals surface area contributed by atoms with Crippen LogP contribution in [0, 0.1) is 0 Å². The summed E-state index contributed by atoms with van der Waals surface area (Å²) in [6.45, 7) is 0.606. The molecule has 4 heteroatoms. The Bertz CT molecular complexity index is 341. The van der Waals surface area contributed by atoms with Crippen molar-refractivity contribution in [3.05, 3.63) is 29.8 Å². The number of phenols is 1. The van der Waals surface area contributed by atoms with E-state index in [0.717, 1.165) is 5.56 Å². The van der Waals surface area contributed by atoms with Crippen LogP contribution in [0.1, 0.15) is 5.56 Å². The summed E-state index contributed by atoms with van der Waals surface area (Å²) >= 11 is 5.42. The number of aromatic hydroxyl groups is 1. The van der Waals surface area contributed by atoms with E-state index in [4.69, 9.17) is 11.6 Å². The molecule has 0 spiro atoms. The quantitative estimate of drug-likeness (QED) is 0.795. The number of benzene rings is 1. The normalized spacial score (nSPS) is 10.0. The Hall–Kier alpha value is -1.22. The number of rotatable bonds is 4. The molecule has 0 fully saturated rings. The highest BCUT2D eigenvalue weighted by molar-refractivity contribution is 6.27. The first kappa shape index (κ1) is 11.9. The molecular weight excluding hydrogens is 214 g/mol. The minimum absolute atomic E-state index is 0.0105. The van der Waals surface area contributed by atoms with Crippen molar-refractivity contribution in [3.8, 4) is 5.75 Å². The number of hydrogen-bond acceptors (Lipinski definition) is 2. The molecule has 0 bridgehead atoms. The zero-order valence-corrected chi connectivity index (χ0v) is 9.37. The summed E-state index contributed by atoms with van der Waals surface area (Å²) in [6, 6.07) is 7.02. The van der Waals surface area contributed by atoms with Crippen molar-refractivity contribution < 1.29 is 9.90 Å². The maximum Gasteiger partial charge on any atom is 0.237 e. The van der Waals surface area contributed by atoms with Crippen LogP contribution in [0.25, 0.3) is 0 Å². The van der Waals surface area contributed by atoms with Crippen LogP contribution in [0.15, 0.2) is 24.3 Å². The van der Waals surface area contributed by atoms with Gasteiger partial charge in [0.05, 0.1) is 0 Å². The minimum Gasteiger partial charge on any atom is -0.508 e. The molecule has 1 aromatic rings. The van der Waals surface area contributed by atoms with Gasteiger partial charge in [-0.05, 0) is 24.1 Å². The molecule has 1 amide bonds. The van der Waals surface area contributed by atoms with Crippen LogP contribution in [0.4, 0.5) is 0 Å². The predicted molar refractivity (Wildman–Crippen MR) is 60.2 cm³/mol. The van der Waals surface area contributed by atoms with Gasteiger partial charge in [-0.1, -0.05) is 12.1 Å². The third kappa shape index (κ3) is 3.80. The molecular formula is C11H14ClNO2. The van der Waals surface area contributed by atoms with Crippen LogP contribution in [0.5, 0.6) is 5.75 Å². The van der Waals surface area contributed by atoms with E-state index in [1.165, 1.54) is 0 Å². The third-order valence-electron chi connectivity index (χ3n) is 2.19. The molecule has 0 atom stereocenters. The van der Waals surface area contributed by atoms with Crippen molar-refractivity contribution in [1.82, 2.24) is 4.90 Å². The number of hydrogen-bond donors (Lipinski definition) is 1. The summed E-state index contributed by atoms with van der Waals surface area (Å²) in [6.07, 6.45) is 0.716. The van der Waals surface area contributed by atoms with E-state index >= 15 is 0 Å². The molecule has 15 heavy (non-hydrogen) atoms. The van der Waals surface area contributed by atoms with Crippen LogP contribution in [-0.2, 0) is 11.2 Å². The molecule has 0 aliphatic rings. The second-order valence-corrected chi connectivity index (χ2v) is 3.64. The summed E-state index contributed by atoms with van der Waals surface area (Å²) in [5, 5.41) is 9.23. The summed E-state index contributed by atoms with van der Waals surface area (Å²) in [5.41, 5.74) is 1.00. The van der Waals surface area contributed by atoms with Crippen molar-refractivity contribution in [1.29, 1.82) is 0 Å². The summed E-state index contributed by atoms with van der Waals surface area (Å²) in [4.78, 5) is 12.7. The van der Waals surface area contributed by atoms with E-state index in [2.05, 4.69) is 0 Å². The number of nitrogens with zero attached hydrogens (tertiary/aromatic N) is 1. The fraction of sp³-hybridized carbons (Fsp3) is 0.364. The van der Waals surface area contributed by atoms with E-state index in [1.54, 1.807) is 30.1 Å². The van der Waals surface area contributed by atoms with Gasteiger partial charge in [-0.2, -0.15) is 0 Å². The molecule has 1 rings (SSSR count). The summed E-state index contributed by atoms with van der Waals surface area (Å²) in [5.74, 6) is 0.173. The number of halogens is 1. The van der Waals surface area contributed by atoms with Crippen molar-refractivity contribution in [3.63, 3.8) is 0 Å². The third-order valence-corrected chi connectivity index (χ3v) is 2.42. The van der Waals surface area contributed by atoms with Gasteiger partial charge in [-0.25, -0.2) is 0 Å². The maximum atomic E-state index is 11.1. The van der Waals surface area contributed by atoms with Gasteiger partial charge in [0.15, 0.2) is 0 Å². The van der Waals surface area contributed by atoms with Gasteiger partial charge in [-0.3, -0.25) is 4.79 Å². The SMILES string of the molecule is CN(CCc1cccc(O)c1)C(=O)CCl. The van der Waals surface area contributed by atoms with E-state index in [9.17, 15) is 9.90 Å². The number of likely N-dealkylation sites (N-methyl/N-ethyl adjacent to an activating group) is 1. The molecule has 3 nitrogen and oxygen atoms in total. The lowest BCUT2D eigenvalue weighted by atomic mass is 10.1. The highest BCUT2D eigenvalue weighted by Gasteiger charge is 2.06. The molecule has 1 aromatic carbocycles. The van der Waals surface area contributed by atoms with E-state index in [0.29, 0.717) is 13.0 Å². The molecule has 0 aromatic heterocycles. The minimum atomic E-state index is -0.0863. The Labute approximate surface area is 94.3 Å². The van der Waals surface area contributed by atoms with Crippen LogP contribution in [0.2, 0.25) is 0 Å². The standard InChI is InChI=1S/C11H14ClNO2/c1-13(11(15)8-12)6-5-9-3-2-4-10(14)7-9/h2-4,7,14H,5-6,8H2,1H3. The van der Waals surface area contributed by atoms with Crippen molar-refractivity contribution in [2.45, 2.75) is 6.42 Å². The maximum absolute atomic E-state index is 11.1. The number of carbonyl (C=O) groups is 1. The second kappa shape index (κ2) is 5.61. The largest absolute Gasteiger partial charge is 0.508 e. The van der Waals surface area contributed by atoms with Gasteiger partial charge in [0.25, 0.3) is 0 Å². The smallest absolute Gasteiger partial charge is 0.237 e. The molecule has 0 saturated carbocycles. The Morgan fingerprint density at radius 3 is 2.87 bits per heavy atom. The van der Waals surface area contributed by atoms with Gasteiger partial charge in [0.1, 0.15) is 11.6 Å². The number of phenolic OH excluding ortho intramolecular Hbond substituents is 1. The average molecular weight is 228 g/mol. The van der Waals surface area contributed by atoms with Crippen molar-refractivity contribution >= 4 is 17.5 Å². The monoisotopic (exact) mass is 227 g/mol. The molecule has 0 unspecified atom stereocenters. The van der Waals surface area contributed by atoms with Crippen LogP contribution in [-0.4, -0.2) is 35.4 Å². The first-order valence-electron chi connectivity index (χ1n) is 4.71. The lowest BCUT2D eigenvalue weighted by Crippen LogP contribution is -2.29. The van der Waals surface area contributed by atoms with E-state index in [-0.39, 0.29) is 17.5 Å². The lowest BCUT2D eigenvalue weighted by Gasteiger charge is -2.15. The number of carbonyl (C=O) groups excluding carboxylic acids is 1. The van der Waals surface area contributed by atoms with Crippen LogP contribution >= 0.6 is 11.6 Å². The van der Waals surface area contributed by atoms with E-state index < -0.39 is 0 Å². The van der Waals surface area contributed by atoms with Gasteiger partial charge < -0.3 is 10.0 Å². The highest BCUT2D eigenvalue weighted by atomic mass is 35.5. The van der Waals surface area contributed by atoms with Crippen LogP contribution < -0.4 is 0 Å². The first-order chi connectivity index (χ1) is 7.13.